The standard InChI is InChI=1S/C8H12BrNO2/c9-3-8(11)10-6-1-2-7(10)5-12-4-6/h6-7H,1-5H2. The van der Waals surface area contributed by atoms with E-state index in [1.165, 1.54) is 0 Å². The second-order valence-corrected chi connectivity index (χ2v) is 3.92. The van der Waals surface area contributed by atoms with Crippen LogP contribution in [0.15, 0.2) is 0 Å². The Labute approximate surface area is 80.2 Å². The Bertz CT molecular complexity index is 181. The normalized spacial score (nSPS) is 33.9. The van der Waals surface area contributed by atoms with Gasteiger partial charge in [0.15, 0.2) is 0 Å². The van der Waals surface area contributed by atoms with E-state index in [1.807, 2.05) is 4.90 Å². The van der Waals surface area contributed by atoms with Crippen LogP contribution in [-0.4, -0.2) is 41.4 Å². The van der Waals surface area contributed by atoms with Crippen LogP contribution in [0.2, 0.25) is 0 Å². The SMILES string of the molecule is O=C(CBr)N1C2CCC1COC2. The maximum atomic E-state index is 11.5. The van der Waals surface area contributed by atoms with Gasteiger partial charge in [0.1, 0.15) is 0 Å². The Balaban J connectivity index is 2.10. The number of morpholine rings is 1. The summed E-state index contributed by atoms with van der Waals surface area (Å²) in [6, 6.07) is 0.711. The first kappa shape index (κ1) is 8.51. The highest BCUT2D eigenvalue weighted by atomic mass is 79.9. The van der Waals surface area contributed by atoms with Gasteiger partial charge in [-0.1, -0.05) is 15.9 Å². The van der Waals surface area contributed by atoms with Crippen LogP contribution in [0.3, 0.4) is 0 Å². The molecule has 0 aromatic carbocycles. The van der Waals surface area contributed by atoms with Gasteiger partial charge >= 0.3 is 0 Å². The van der Waals surface area contributed by atoms with Gasteiger partial charge in [0.2, 0.25) is 5.91 Å². The number of carbonyl (C=O) groups excluding carboxylic acids is 1. The fourth-order valence-electron chi connectivity index (χ4n) is 2.10. The predicted molar refractivity (Wildman–Crippen MR) is 48.3 cm³/mol. The zero-order valence-corrected chi connectivity index (χ0v) is 8.42. The van der Waals surface area contributed by atoms with E-state index in [-0.39, 0.29) is 5.91 Å². The average Bonchev–Trinajstić information content (AvgIpc) is 2.35. The molecule has 4 heteroatoms. The Morgan fingerprint density at radius 3 is 2.50 bits per heavy atom. The minimum atomic E-state index is 0.214. The number of amides is 1. The van der Waals surface area contributed by atoms with Crippen LogP contribution in [-0.2, 0) is 9.53 Å². The zero-order valence-electron chi connectivity index (χ0n) is 6.83. The molecule has 2 aliphatic heterocycles. The summed E-state index contributed by atoms with van der Waals surface area (Å²) < 4.78 is 5.37. The summed E-state index contributed by atoms with van der Waals surface area (Å²) in [5, 5.41) is 0.444. The molecule has 0 aliphatic carbocycles. The molecule has 0 radical (unpaired) electrons. The number of hydrogen-bond acceptors (Lipinski definition) is 2. The Morgan fingerprint density at radius 2 is 2.00 bits per heavy atom. The van der Waals surface area contributed by atoms with Gasteiger partial charge in [0.25, 0.3) is 0 Å². The molecule has 68 valence electrons. The molecule has 2 unspecified atom stereocenters. The van der Waals surface area contributed by atoms with Gasteiger partial charge < -0.3 is 9.64 Å². The molecule has 1 amide bonds. The number of hydrogen-bond donors (Lipinski definition) is 0. The van der Waals surface area contributed by atoms with E-state index in [9.17, 15) is 4.79 Å². The first-order valence-electron chi connectivity index (χ1n) is 4.28. The maximum Gasteiger partial charge on any atom is 0.233 e. The number of halogens is 1. The topological polar surface area (TPSA) is 29.5 Å². The van der Waals surface area contributed by atoms with Crippen molar-refractivity contribution >= 4 is 21.8 Å². The number of ether oxygens (including phenoxy) is 1. The summed E-state index contributed by atoms with van der Waals surface area (Å²) in [4.78, 5) is 13.4. The molecule has 12 heavy (non-hydrogen) atoms. The molecule has 3 nitrogen and oxygen atoms in total. The maximum absolute atomic E-state index is 11.5. The summed E-state index contributed by atoms with van der Waals surface area (Å²) in [5.74, 6) is 0.214. The highest BCUT2D eigenvalue weighted by molar-refractivity contribution is 9.09. The Morgan fingerprint density at radius 1 is 1.42 bits per heavy atom. The monoisotopic (exact) mass is 233 g/mol. The van der Waals surface area contributed by atoms with Crippen molar-refractivity contribution in [2.45, 2.75) is 24.9 Å². The lowest BCUT2D eigenvalue weighted by Gasteiger charge is -2.34. The summed E-state index contributed by atoms with van der Waals surface area (Å²) in [6.07, 6.45) is 2.23. The van der Waals surface area contributed by atoms with Gasteiger partial charge in [0, 0.05) is 0 Å². The van der Waals surface area contributed by atoms with Gasteiger partial charge in [0.05, 0.1) is 30.6 Å². The Kier molecular flexibility index (Phi) is 2.37. The quantitative estimate of drug-likeness (QED) is 0.627. The van der Waals surface area contributed by atoms with Gasteiger partial charge in [-0.05, 0) is 12.8 Å². The van der Waals surface area contributed by atoms with Crippen molar-refractivity contribution in [1.29, 1.82) is 0 Å². The van der Waals surface area contributed by atoms with E-state index in [2.05, 4.69) is 15.9 Å². The molecule has 2 fully saturated rings. The van der Waals surface area contributed by atoms with Crippen LogP contribution in [0, 0.1) is 0 Å². The molecule has 2 aliphatic rings. The summed E-state index contributed by atoms with van der Waals surface area (Å²) >= 11 is 3.20. The number of nitrogens with zero attached hydrogens (tertiary/aromatic N) is 1. The van der Waals surface area contributed by atoms with Crippen molar-refractivity contribution in [3.63, 3.8) is 0 Å². The van der Waals surface area contributed by atoms with Gasteiger partial charge in [-0.3, -0.25) is 4.79 Å². The van der Waals surface area contributed by atoms with E-state index in [0.29, 0.717) is 17.4 Å². The fourth-order valence-corrected chi connectivity index (χ4v) is 2.39. The third-order valence-corrected chi connectivity index (χ3v) is 3.12. The molecule has 0 aromatic rings. The molecule has 0 saturated carbocycles. The molecular formula is C8H12BrNO2. The number of carbonyl (C=O) groups is 1. The molecule has 2 rings (SSSR count). The van der Waals surface area contributed by atoms with Crippen molar-refractivity contribution in [2.24, 2.45) is 0 Å². The summed E-state index contributed by atoms with van der Waals surface area (Å²) in [5.41, 5.74) is 0. The molecular weight excluding hydrogens is 222 g/mol. The largest absolute Gasteiger partial charge is 0.377 e. The lowest BCUT2D eigenvalue weighted by Crippen LogP contribution is -2.49. The van der Waals surface area contributed by atoms with Crippen LogP contribution < -0.4 is 0 Å². The van der Waals surface area contributed by atoms with Crippen molar-refractivity contribution in [2.75, 3.05) is 18.5 Å². The lowest BCUT2D eigenvalue weighted by atomic mass is 10.2. The highest BCUT2D eigenvalue weighted by Gasteiger charge is 2.39. The molecule has 0 aromatic heterocycles. The van der Waals surface area contributed by atoms with Gasteiger partial charge in [-0.25, -0.2) is 0 Å². The van der Waals surface area contributed by atoms with E-state index in [4.69, 9.17) is 4.74 Å². The molecule has 0 N–H and O–H groups in total. The minimum Gasteiger partial charge on any atom is -0.377 e. The molecule has 2 bridgehead atoms. The predicted octanol–water partition coefficient (Wildman–Crippen LogP) is 0.771. The van der Waals surface area contributed by atoms with Crippen molar-refractivity contribution in [3.05, 3.63) is 0 Å². The van der Waals surface area contributed by atoms with Crippen LogP contribution in [0.4, 0.5) is 0 Å². The van der Waals surface area contributed by atoms with Crippen LogP contribution >= 0.6 is 15.9 Å². The third-order valence-electron chi connectivity index (χ3n) is 2.64. The van der Waals surface area contributed by atoms with E-state index < -0.39 is 0 Å². The van der Waals surface area contributed by atoms with E-state index >= 15 is 0 Å². The second kappa shape index (κ2) is 3.34. The second-order valence-electron chi connectivity index (χ2n) is 3.36. The van der Waals surface area contributed by atoms with Crippen LogP contribution in [0.1, 0.15) is 12.8 Å². The van der Waals surface area contributed by atoms with Gasteiger partial charge in [-0.2, -0.15) is 0 Å². The Hall–Kier alpha value is -0.0900. The van der Waals surface area contributed by atoms with Crippen molar-refractivity contribution in [3.8, 4) is 0 Å². The first-order valence-corrected chi connectivity index (χ1v) is 5.40. The lowest BCUT2D eigenvalue weighted by molar-refractivity contribution is -0.137. The van der Waals surface area contributed by atoms with Gasteiger partial charge in [-0.15, -0.1) is 0 Å². The van der Waals surface area contributed by atoms with E-state index in [1.54, 1.807) is 0 Å². The average molecular weight is 234 g/mol. The third kappa shape index (κ3) is 1.27. The number of alkyl halides is 1. The zero-order chi connectivity index (χ0) is 8.55. The molecule has 2 heterocycles. The summed E-state index contributed by atoms with van der Waals surface area (Å²) in [6.45, 7) is 1.46. The molecule has 2 saturated heterocycles. The molecule has 0 spiro atoms. The van der Waals surface area contributed by atoms with Crippen LogP contribution in [0.25, 0.3) is 0 Å². The van der Waals surface area contributed by atoms with E-state index in [0.717, 1.165) is 26.1 Å². The van der Waals surface area contributed by atoms with Crippen molar-refractivity contribution in [1.82, 2.24) is 4.90 Å². The highest BCUT2D eigenvalue weighted by Crippen LogP contribution is 2.28. The van der Waals surface area contributed by atoms with Crippen LogP contribution in [0.5, 0.6) is 0 Å². The minimum absolute atomic E-state index is 0.214. The smallest absolute Gasteiger partial charge is 0.233 e. The molecule has 2 atom stereocenters. The summed E-state index contributed by atoms with van der Waals surface area (Å²) in [7, 11) is 0. The number of fused-ring (bicyclic) bond motifs is 2. The first-order chi connectivity index (χ1) is 5.83. The number of rotatable bonds is 1. The fraction of sp³-hybridized carbons (Fsp3) is 0.875. The van der Waals surface area contributed by atoms with Crippen molar-refractivity contribution < 1.29 is 9.53 Å².